The van der Waals surface area contributed by atoms with Crippen LogP contribution in [0.4, 0.5) is 6.01 Å². The summed E-state index contributed by atoms with van der Waals surface area (Å²) in [7, 11) is 0. The van der Waals surface area contributed by atoms with Crippen molar-refractivity contribution in [1.29, 1.82) is 0 Å². The van der Waals surface area contributed by atoms with E-state index >= 15 is 0 Å². The number of aromatic nitrogens is 2. The average molecular weight is 379 g/mol. The second-order valence-electron chi connectivity index (χ2n) is 6.21. The second kappa shape index (κ2) is 7.28. The monoisotopic (exact) mass is 379 g/mol. The smallest absolute Gasteiger partial charge is 0.322 e. The van der Waals surface area contributed by atoms with Gasteiger partial charge in [0.25, 0.3) is 5.91 Å². The van der Waals surface area contributed by atoms with Crippen molar-refractivity contribution in [2.45, 2.75) is 24.0 Å². The standard InChI is InChI=1S/C20H17N3O3S/c1-12(2)27-15-8-5-7-14(10-15)19-22-23-20(26-19)21-18(24)17-11-13-6-3-4-9-16(13)25-17/h3-12H,1-2H3,(H,21,23,24). The Morgan fingerprint density at radius 3 is 2.70 bits per heavy atom. The number of furan rings is 1. The molecule has 0 saturated heterocycles. The Balaban J connectivity index is 1.51. The van der Waals surface area contributed by atoms with E-state index in [0.717, 1.165) is 15.8 Å². The number of nitrogens with zero attached hydrogens (tertiary/aromatic N) is 2. The molecule has 2 aromatic carbocycles. The van der Waals surface area contributed by atoms with E-state index in [1.54, 1.807) is 23.9 Å². The SMILES string of the molecule is CC(C)Sc1cccc(-c2nnc(NC(=O)c3cc4ccccc4o3)o2)c1. The lowest BCUT2D eigenvalue weighted by atomic mass is 10.2. The van der Waals surface area contributed by atoms with Crippen LogP contribution in [0.5, 0.6) is 0 Å². The molecule has 6 nitrogen and oxygen atoms in total. The van der Waals surface area contributed by atoms with Gasteiger partial charge in [-0.1, -0.05) is 43.2 Å². The fourth-order valence-electron chi connectivity index (χ4n) is 2.62. The second-order valence-corrected chi connectivity index (χ2v) is 7.86. The molecule has 0 radical (unpaired) electrons. The van der Waals surface area contributed by atoms with Crippen LogP contribution >= 0.6 is 11.8 Å². The van der Waals surface area contributed by atoms with E-state index in [2.05, 4.69) is 29.4 Å². The number of nitrogens with one attached hydrogen (secondary N) is 1. The third kappa shape index (κ3) is 3.88. The van der Waals surface area contributed by atoms with Crippen molar-refractivity contribution >= 4 is 34.7 Å². The zero-order chi connectivity index (χ0) is 18.8. The van der Waals surface area contributed by atoms with Crippen LogP contribution in [0, 0.1) is 0 Å². The Bertz CT molecular complexity index is 1070. The van der Waals surface area contributed by atoms with Gasteiger partial charge >= 0.3 is 6.01 Å². The maximum Gasteiger partial charge on any atom is 0.322 e. The third-order valence-corrected chi connectivity index (χ3v) is 4.75. The van der Waals surface area contributed by atoms with Crippen molar-refractivity contribution in [3.05, 3.63) is 60.4 Å². The largest absolute Gasteiger partial charge is 0.451 e. The van der Waals surface area contributed by atoms with Crippen LogP contribution in [0.15, 0.2) is 68.3 Å². The number of carbonyl (C=O) groups is 1. The predicted octanol–water partition coefficient (Wildman–Crippen LogP) is 5.24. The van der Waals surface area contributed by atoms with E-state index in [4.69, 9.17) is 8.83 Å². The summed E-state index contributed by atoms with van der Waals surface area (Å²) in [4.78, 5) is 13.5. The molecule has 0 aliphatic heterocycles. The first kappa shape index (κ1) is 17.4. The first-order chi connectivity index (χ1) is 13.1. The zero-order valence-electron chi connectivity index (χ0n) is 14.8. The van der Waals surface area contributed by atoms with Crippen molar-refractivity contribution in [3.8, 4) is 11.5 Å². The summed E-state index contributed by atoms with van der Waals surface area (Å²) in [6.45, 7) is 4.27. The minimum absolute atomic E-state index is 0.0253. The highest BCUT2D eigenvalue weighted by Gasteiger charge is 2.16. The number of rotatable bonds is 5. The molecule has 4 rings (SSSR count). The highest BCUT2D eigenvalue weighted by molar-refractivity contribution is 7.99. The van der Waals surface area contributed by atoms with Crippen LogP contribution in [0.1, 0.15) is 24.4 Å². The normalized spacial score (nSPS) is 11.2. The van der Waals surface area contributed by atoms with E-state index in [0.29, 0.717) is 16.7 Å². The quantitative estimate of drug-likeness (QED) is 0.478. The molecular weight excluding hydrogens is 362 g/mol. The molecule has 0 aliphatic rings. The molecule has 7 heteroatoms. The molecule has 1 amide bonds. The van der Waals surface area contributed by atoms with Gasteiger partial charge in [-0.05, 0) is 30.3 Å². The number of anilines is 1. The van der Waals surface area contributed by atoms with Crippen molar-refractivity contribution in [2.24, 2.45) is 0 Å². The van der Waals surface area contributed by atoms with Crippen LogP contribution in [0.2, 0.25) is 0 Å². The van der Waals surface area contributed by atoms with Gasteiger partial charge in [0, 0.05) is 21.1 Å². The molecular formula is C20H17N3O3S. The van der Waals surface area contributed by atoms with Gasteiger partial charge < -0.3 is 8.83 Å². The molecule has 2 heterocycles. The van der Waals surface area contributed by atoms with Crippen LogP contribution in [-0.4, -0.2) is 21.4 Å². The van der Waals surface area contributed by atoms with Gasteiger partial charge in [0.1, 0.15) is 5.58 Å². The number of carbonyl (C=O) groups excluding carboxylic acids is 1. The van der Waals surface area contributed by atoms with Crippen molar-refractivity contribution in [3.63, 3.8) is 0 Å². The Morgan fingerprint density at radius 2 is 1.89 bits per heavy atom. The highest BCUT2D eigenvalue weighted by atomic mass is 32.2. The molecule has 4 aromatic rings. The number of hydrogen-bond acceptors (Lipinski definition) is 6. The van der Waals surface area contributed by atoms with E-state index in [1.807, 2.05) is 42.5 Å². The van der Waals surface area contributed by atoms with Crippen molar-refractivity contribution < 1.29 is 13.6 Å². The molecule has 0 bridgehead atoms. The van der Waals surface area contributed by atoms with Gasteiger partial charge in [-0.2, -0.15) is 0 Å². The zero-order valence-corrected chi connectivity index (χ0v) is 15.6. The van der Waals surface area contributed by atoms with Crippen LogP contribution < -0.4 is 5.32 Å². The molecule has 0 unspecified atom stereocenters. The first-order valence-corrected chi connectivity index (χ1v) is 9.37. The van der Waals surface area contributed by atoms with Crippen LogP contribution in [0.25, 0.3) is 22.4 Å². The molecule has 0 aliphatic carbocycles. The fraction of sp³-hybridized carbons (Fsp3) is 0.150. The lowest BCUT2D eigenvalue weighted by Gasteiger charge is -2.05. The first-order valence-electron chi connectivity index (χ1n) is 8.49. The summed E-state index contributed by atoms with van der Waals surface area (Å²) in [5, 5.41) is 11.8. The minimum Gasteiger partial charge on any atom is -0.451 e. The number of thioether (sulfide) groups is 1. The van der Waals surface area contributed by atoms with Gasteiger partial charge in [0.05, 0.1) is 0 Å². The minimum atomic E-state index is -0.439. The van der Waals surface area contributed by atoms with Gasteiger partial charge in [0.15, 0.2) is 5.76 Å². The molecule has 0 spiro atoms. The Kier molecular flexibility index (Phi) is 4.68. The summed E-state index contributed by atoms with van der Waals surface area (Å²) < 4.78 is 11.1. The van der Waals surface area contributed by atoms with E-state index in [-0.39, 0.29) is 11.8 Å². The number of amides is 1. The summed E-state index contributed by atoms with van der Waals surface area (Å²) in [5.41, 5.74) is 1.45. The van der Waals surface area contributed by atoms with Gasteiger partial charge in [0.2, 0.25) is 5.89 Å². The molecule has 0 fully saturated rings. The molecule has 0 atom stereocenters. The molecule has 136 valence electrons. The van der Waals surface area contributed by atoms with E-state index in [1.165, 1.54) is 0 Å². The van der Waals surface area contributed by atoms with E-state index in [9.17, 15) is 4.79 Å². The maximum absolute atomic E-state index is 12.4. The predicted molar refractivity (Wildman–Crippen MR) is 105 cm³/mol. The number of benzene rings is 2. The summed E-state index contributed by atoms with van der Waals surface area (Å²) in [6, 6.07) is 17.0. The molecule has 0 saturated carbocycles. The topological polar surface area (TPSA) is 81.2 Å². The van der Waals surface area contributed by atoms with Crippen molar-refractivity contribution in [1.82, 2.24) is 10.2 Å². The lowest BCUT2D eigenvalue weighted by Crippen LogP contribution is -2.10. The number of para-hydroxylation sites is 1. The summed E-state index contributed by atoms with van der Waals surface area (Å²) in [5.74, 6) is 0.0953. The van der Waals surface area contributed by atoms with Crippen molar-refractivity contribution in [2.75, 3.05) is 5.32 Å². The highest BCUT2D eigenvalue weighted by Crippen LogP contribution is 2.28. The number of hydrogen-bond donors (Lipinski definition) is 1. The number of fused-ring (bicyclic) bond motifs is 1. The molecule has 27 heavy (non-hydrogen) atoms. The molecule has 2 aromatic heterocycles. The van der Waals surface area contributed by atoms with E-state index < -0.39 is 5.91 Å². The maximum atomic E-state index is 12.4. The van der Waals surface area contributed by atoms with Gasteiger partial charge in [-0.15, -0.1) is 16.9 Å². The van der Waals surface area contributed by atoms with Crippen LogP contribution in [-0.2, 0) is 0 Å². The Hall–Kier alpha value is -3.06. The lowest BCUT2D eigenvalue weighted by molar-refractivity contribution is 0.0996. The van der Waals surface area contributed by atoms with Crippen LogP contribution in [0.3, 0.4) is 0 Å². The molecule has 1 N–H and O–H groups in total. The summed E-state index contributed by atoms with van der Waals surface area (Å²) >= 11 is 1.75. The Morgan fingerprint density at radius 1 is 1.04 bits per heavy atom. The van der Waals surface area contributed by atoms with Gasteiger partial charge in [-0.3, -0.25) is 10.1 Å². The Labute approximate surface area is 160 Å². The fourth-order valence-corrected chi connectivity index (χ4v) is 3.51. The average Bonchev–Trinajstić information content (AvgIpc) is 3.28. The third-order valence-electron chi connectivity index (χ3n) is 3.75. The van der Waals surface area contributed by atoms with Gasteiger partial charge in [-0.25, -0.2) is 0 Å². The summed E-state index contributed by atoms with van der Waals surface area (Å²) in [6.07, 6.45) is 0.